The molecule has 1 aromatic heterocycles. The van der Waals surface area contributed by atoms with E-state index in [4.69, 9.17) is 11.1 Å². The highest BCUT2D eigenvalue weighted by Crippen LogP contribution is 2.10. The van der Waals surface area contributed by atoms with Gasteiger partial charge in [0.05, 0.1) is 6.33 Å². The van der Waals surface area contributed by atoms with E-state index in [2.05, 4.69) is 11.9 Å². The van der Waals surface area contributed by atoms with Gasteiger partial charge in [-0.05, 0) is 6.92 Å². The maximum Gasteiger partial charge on any atom is 0.151 e. The predicted octanol–water partition coefficient (Wildman–Crippen LogP) is 1.03. The van der Waals surface area contributed by atoms with E-state index in [9.17, 15) is 0 Å². The third-order valence-corrected chi connectivity index (χ3v) is 2.27. The summed E-state index contributed by atoms with van der Waals surface area (Å²) in [5.41, 5.74) is 6.33. The van der Waals surface area contributed by atoms with Gasteiger partial charge in [0.25, 0.3) is 0 Å². The van der Waals surface area contributed by atoms with Gasteiger partial charge in [-0.3, -0.25) is 5.41 Å². The molecule has 1 rings (SSSR count). The van der Waals surface area contributed by atoms with E-state index >= 15 is 0 Å². The number of thioether (sulfide) groups is 1. The molecule has 4 nitrogen and oxygen atoms in total. The number of amidine groups is 1. The fourth-order valence-corrected chi connectivity index (χ4v) is 1.45. The Balaban J connectivity index is 2.56. The summed E-state index contributed by atoms with van der Waals surface area (Å²) < 4.78 is 2.04. The molecule has 0 unspecified atom stereocenters. The molecule has 0 bridgehead atoms. The van der Waals surface area contributed by atoms with Crippen molar-refractivity contribution in [2.75, 3.05) is 0 Å². The number of imidazole rings is 1. The molecule has 0 radical (unpaired) electrons. The van der Waals surface area contributed by atoms with Gasteiger partial charge in [-0.2, -0.15) is 0 Å². The third-order valence-electron chi connectivity index (χ3n) is 1.51. The first kappa shape index (κ1) is 9.12. The van der Waals surface area contributed by atoms with Crippen molar-refractivity contribution in [1.82, 2.24) is 9.55 Å². The molecule has 66 valence electrons. The van der Waals surface area contributed by atoms with E-state index in [-0.39, 0.29) is 5.17 Å². The van der Waals surface area contributed by atoms with Crippen molar-refractivity contribution in [2.24, 2.45) is 5.73 Å². The number of nitrogens with one attached hydrogen (secondary N) is 1. The number of nitrogens with zero attached hydrogens (tertiary/aromatic N) is 2. The van der Waals surface area contributed by atoms with Crippen LogP contribution < -0.4 is 5.73 Å². The minimum atomic E-state index is 0.152. The van der Waals surface area contributed by atoms with E-state index < -0.39 is 0 Å². The zero-order chi connectivity index (χ0) is 8.97. The summed E-state index contributed by atoms with van der Waals surface area (Å²) in [4.78, 5) is 4.01. The molecular formula is C7H12N4S. The quantitative estimate of drug-likeness (QED) is 0.544. The highest BCUT2D eigenvalue weighted by atomic mass is 32.2. The predicted molar refractivity (Wildman–Crippen MR) is 51.1 cm³/mol. The number of nitrogens with two attached hydrogens (primary N) is 1. The van der Waals surface area contributed by atoms with Crippen LogP contribution in [0.15, 0.2) is 12.5 Å². The van der Waals surface area contributed by atoms with Crippen LogP contribution in [0.4, 0.5) is 0 Å². The fraction of sp³-hybridized carbons (Fsp3) is 0.429. The molecule has 0 atom stereocenters. The first-order valence-corrected chi connectivity index (χ1v) is 4.68. The molecule has 3 N–H and O–H groups in total. The lowest BCUT2D eigenvalue weighted by molar-refractivity contribution is 0.734. The lowest BCUT2D eigenvalue weighted by Crippen LogP contribution is -2.05. The molecule has 1 heterocycles. The second-order valence-electron chi connectivity index (χ2n) is 2.32. The van der Waals surface area contributed by atoms with Crippen LogP contribution >= 0.6 is 11.8 Å². The number of rotatable bonds is 3. The second kappa shape index (κ2) is 4.15. The van der Waals surface area contributed by atoms with Gasteiger partial charge in [0.2, 0.25) is 0 Å². The Kier molecular flexibility index (Phi) is 3.16. The molecule has 0 saturated heterocycles. The van der Waals surface area contributed by atoms with Gasteiger partial charge in [0.15, 0.2) is 5.17 Å². The number of aryl methyl sites for hydroxylation is 1. The van der Waals surface area contributed by atoms with Crippen molar-refractivity contribution >= 4 is 16.9 Å². The van der Waals surface area contributed by atoms with Gasteiger partial charge >= 0.3 is 0 Å². The Morgan fingerprint density at radius 3 is 3.17 bits per heavy atom. The van der Waals surface area contributed by atoms with Crippen molar-refractivity contribution in [3.05, 3.63) is 18.2 Å². The summed E-state index contributed by atoms with van der Waals surface area (Å²) in [5.74, 6) is 0.725. The number of hydrogen-bond donors (Lipinski definition) is 2. The van der Waals surface area contributed by atoms with Gasteiger partial charge < -0.3 is 10.3 Å². The normalized spacial score (nSPS) is 10.1. The van der Waals surface area contributed by atoms with Crippen LogP contribution in [-0.2, 0) is 12.3 Å². The monoisotopic (exact) mass is 184 g/mol. The first-order chi connectivity index (χ1) is 5.74. The van der Waals surface area contributed by atoms with Crippen molar-refractivity contribution in [3.8, 4) is 0 Å². The zero-order valence-electron chi connectivity index (χ0n) is 6.95. The van der Waals surface area contributed by atoms with Crippen LogP contribution in [0, 0.1) is 5.41 Å². The van der Waals surface area contributed by atoms with Crippen LogP contribution in [0.25, 0.3) is 0 Å². The lowest BCUT2D eigenvalue weighted by Gasteiger charge is -2.02. The van der Waals surface area contributed by atoms with Crippen LogP contribution in [-0.4, -0.2) is 14.7 Å². The molecule has 0 aromatic carbocycles. The minimum absolute atomic E-state index is 0.152. The van der Waals surface area contributed by atoms with Gasteiger partial charge in [0, 0.05) is 24.2 Å². The van der Waals surface area contributed by atoms with Gasteiger partial charge in [-0.25, -0.2) is 4.98 Å². The number of hydrogen-bond acceptors (Lipinski definition) is 3. The van der Waals surface area contributed by atoms with Crippen molar-refractivity contribution in [3.63, 3.8) is 0 Å². The van der Waals surface area contributed by atoms with Crippen LogP contribution in [0.1, 0.15) is 12.6 Å². The summed E-state index contributed by atoms with van der Waals surface area (Å²) >= 11 is 1.32. The van der Waals surface area contributed by atoms with E-state index in [0.29, 0.717) is 0 Å². The summed E-state index contributed by atoms with van der Waals surface area (Å²) in [6, 6.07) is 0. The minimum Gasteiger partial charge on any atom is -0.379 e. The molecule has 0 aliphatic carbocycles. The van der Waals surface area contributed by atoms with Crippen LogP contribution in [0.5, 0.6) is 0 Å². The largest absolute Gasteiger partial charge is 0.379 e. The lowest BCUT2D eigenvalue weighted by atomic mass is 10.5. The molecular weight excluding hydrogens is 172 g/mol. The summed E-state index contributed by atoms with van der Waals surface area (Å²) in [7, 11) is 0. The molecule has 0 amide bonds. The second-order valence-corrected chi connectivity index (χ2v) is 3.34. The molecule has 0 fully saturated rings. The summed E-state index contributed by atoms with van der Waals surface area (Å²) in [6.45, 7) is 2.97. The van der Waals surface area contributed by atoms with E-state index in [1.165, 1.54) is 11.8 Å². The third kappa shape index (κ3) is 2.27. The Bertz CT molecular complexity index is 268. The van der Waals surface area contributed by atoms with E-state index in [1.807, 2.05) is 4.57 Å². The Morgan fingerprint density at radius 1 is 1.83 bits per heavy atom. The Morgan fingerprint density at radius 2 is 2.58 bits per heavy atom. The molecule has 5 heteroatoms. The Hall–Kier alpha value is -0.970. The van der Waals surface area contributed by atoms with Crippen molar-refractivity contribution in [1.29, 1.82) is 5.41 Å². The topological polar surface area (TPSA) is 67.7 Å². The van der Waals surface area contributed by atoms with Crippen molar-refractivity contribution < 1.29 is 0 Å². The standard InChI is InChI=1S/C7H12N4S/c1-2-11-5-10-3-6(11)4-12-7(8)9/h3,5H,2,4H2,1H3,(H3,8,9). The summed E-state index contributed by atoms with van der Waals surface area (Å²) in [5, 5.41) is 7.19. The molecule has 0 aliphatic heterocycles. The SMILES string of the molecule is CCn1cncc1CSC(=N)N. The van der Waals surface area contributed by atoms with E-state index in [1.54, 1.807) is 12.5 Å². The molecule has 0 spiro atoms. The van der Waals surface area contributed by atoms with Crippen LogP contribution in [0.3, 0.4) is 0 Å². The van der Waals surface area contributed by atoms with Gasteiger partial charge in [-0.1, -0.05) is 11.8 Å². The van der Waals surface area contributed by atoms with Crippen LogP contribution in [0.2, 0.25) is 0 Å². The molecule has 1 aromatic rings. The van der Waals surface area contributed by atoms with Gasteiger partial charge in [-0.15, -0.1) is 0 Å². The first-order valence-electron chi connectivity index (χ1n) is 3.70. The fourth-order valence-electron chi connectivity index (χ4n) is 0.905. The average molecular weight is 184 g/mol. The maximum atomic E-state index is 7.04. The summed E-state index contributed by atoms with van der Waals surface area (Å²) in [6.07, 6.45) is 3.59. The molecule has 0 aliphatic rings. The molecule has 12 heavy (non-hydrogen) atoms. The maximum absolute atomic E-state index is 7.04. The Labute approximate surface area is 75.7 Å². The highest BCUT2D eigenvalue weighted by Gasteiger charge is 2.00. The molecule has 0 saturated carbocycles. The van der Waals surface area contributed by atoms with Gasteiger partial charge in [0.1, 0.15) is 0 Å². The zero-order valence-corrected chi connectivity index (χ0v) is 7.77. The number of aromatic nitrogens is 2. The highest BCUT2D eigenvalue weighted by molar-refractivity contribution is 8.13. The smallest absolute Gasteiger partial charge is 0.151 e. The van der Waals surface area contributed by atoms with E-state index in [0.717, 1.165) is 18.0 Å². The van der Waals surface area contributed by atoms with Crippen molar-refractivity contribution in [2.45, 2.75) is 19.2 Å². The average Bonchev–Trinajstić information content (AvgIpc) is 2.47.